The average molecular weight is 182 g/mol. The summed E-state index contributed by atoms with van der Waals surface area (Å²) in [6, 6.07) is 0. The van der Waals surface area contributed by atoms with Gasteiger partial charge in [0.25, 0.3) is 0 Å². The molecule has 1 aromatic rings. The third-order valence-electron chi connectivity index (χ3n) is 2.20. The standard InChI is InChI=1S/C10H18N2O/c1-4-7-12-9(6-3)10(13)8(5-2)11-12/h13H,4-7H2,1-3H3. The van der Waals surface area contributed by atoms with Crippen molar-refractivity contribution < 1.29 is 5.11 Å². The van der Waals surface area contributed by atoms with Crippen molar-refractivity contribution in [1.29, 1.82) is 0 Å². The molecule has 74 valence electrons. The highest BCUT2D eigenvalue weighted by atomic mass is 16.3. The average Bonchev–Trinajstić information content (AvgIpc) is 2.43. The molecule has 1 rings (SSSR count). The Morgan fingerprint density at radius 3 is 2.38 bits per heavy atom. The molecule has 0 bridgehead atoms. The van der Waals surface area contributed by atoms with E-state index in [4.69, 9.17) is 0 Å². The Balaban J connectivity index is 3.04. The summed E-state index contributed by atoms with van der Waals surface area (Å²) >= 11 is 0. The molecule has 3 nitrogen and oxygen atoms in total. The summed E-state index contributed by atoms with van der Waals surface area (Å²) in [4.78, 5) is 0. The maximum Gasteiger partial charge on any atom is 0.160 e. The zero-order valence-corrected chi connectivity index (χ0v) is 8.67. The molecule has 0 amide bonds. The van der Waals surface area contributed by atoms with Crippen LogP contribution in [0, 0.1) is 0 Å². The van der Waals surface area contributed by atoms with E-state index in [-0.39, 0.29) is 0 Å². The highest BCUT2D eigenvalue weighted by Gasteiger charge is 2.12. The Labute approximate surface area is 79.4 Å². The van der Waals surface area contributed by atoms with Crippen molar-refractivity contribution in [3.63, 3.8) is 0 Å². The van der Waals surface area contributed by atoms with E-state index in [1.54, 1.807) is 0 Å². The molecule has 1 heterocycles. The zero-order valence-electron chi connectivity index (χ0n) is 8.67. The lowest BCUT2D eigenvalue weighted by Gasteiger charge is -2.02. The second-order valence-corrected chi connectivity index (χ2v) is 3.17. The molecule has 0 radical (unpaired) electrons. The van der Waals surface area contributed by atoms with Crippen LogP contribution in [0.1, 0.15) is 38.6 Å². The van der Waals surface area contributed by atoms with Gasteiger partial charge in [-0.3, -0.25) is 4.68 Å². The second-order valence-electron chi connectivity index (χ2n) is 3.17. The minimum Gasteiger partial charge on any atom is -0.504 e. The highest BCUT2D eigenvalue weighted by Crippen LogP contribution is 2.23. The number of rotatable bonds is 4. The van der Waals surface area contributed by atoms with E-state index in [1.807, 2.05) is 18.5 Å². The molecule has 1 aromatic heterocycles. The second kappa shape index (κ2) is 4.30. The quantitative estimate of drug-likeness (QED) is 0.774. The van der Waals surface area contributed by atoms with Crippen LogP contribution < -0.4 is 0 Å². The van der Waals surface area contributed by atoms with E-state index < -0.39 is 0 Å². The molecule has 13 heavy (non-hydrogen) atoms. The fourth-order valence-corrected chi connectivity index (χ4v) is 1.53. The van der Waals surface area contributed by atoms with Crippen molar-refractivity contribution in [2.75, 3.05) is 0 Å². The molecule has 0 fully saturated rings. The van der Waals surface area contributed by atoms with Gasteiger partial charge in [0.15, 0.2) is 5.75 Å². The number of hydrogen-bond acceptors (Lipinski definition) is 2. The summed E-state index contributed by atoms with van der Waals surface area (Å²) in [5.41, 5.74) is 1.80. The Hall–Kier alpha value is -0.990. The molecule has 0 atom stereocenters. The van der Waals surface area contributed by atoms with Crippen molar-refractivity contribution >= 4 is 0 Å². The van der Waals surface area contributed by atoms with Gasteiger partial charge in [-0.15, -0.1) is 0 Å². The molecule has 3 heteroatoms. The molecule has 0 saturated carbocycles. The van der Waals surface area contributed by atoms with Gasteiger partial charge in [0.05, 0.1) is 5.69 Å². The first-order valence-electron chi connectivity index (χ1n) is 5.02. The Bertz CT molecular complexity index is 279. The van der Waals surface area contributed by atoms with Gasteiger partial charge in [0.2, 0.25) is 0 Å². The molecule has 0 aliphatic heterocycles. The lowest BCUT2D eigenvalue weighted by Crippen LogP contribution is -2.03. The van der Waals surface area contributed by atoms with Crippen molar-refractivity contribution in [1.82, 2.24) is 9.78 Å². The van der Waals surface area contributed by atoms with Crippen LogP contribution >= 0.6 is 0 Å². The lowest BCUT2D eigenvalue weighted by molar-refractivity contribution is 0.459. The van der Waals surface area contributed by atoms with E-state index in [2.05, 4.69) is 12.0 Å². The Morgan fingerprint density at radius 1 is 1.23 bits per heavy atom. The minimum atomic E-state index is 0.401. The molecule has 0 unspecified atom stereocenters. The summed E-state index contributed by atoms with van der Waals surface area (Å²) in [6.45, 7) is 7.07. The van der Waals surface area contributed by atoms with E-state index in [0.29, 0.717) is 5.75 Å². The maximum atomic E-state index is 9.75. The largest absolute Gasteiger partial charge is 0.504 e. The van der Waals surface area contributed by atoms with E-state index >= 15 is 0 Å². The van der Waals surface area contributed by atoms with E-state index in [0.717, 1.165) is 37.2 Å². The molecule has 0 aromatic carbocycles. The van der Waals surface area contributed by atoms with Crippen molar-refractivity contribution in [2.24, 2.45) is 0 Å². The minimum absolute atomic E-state index is 0.401. The van der Waals surface area contributed by atoms with Crippen LogP contribution in [0.3, 0.4) is 0 Å². The zero-order chi connectivity index (χ0) is 9.84. The van der Waals surface area contributed by atoms with Crippen LogP contribution in [0.5, 0.6) is 5.75 Å². The lowest BCUT2D eigenvalue weighted by atomic mass is 10.2. The first-order valence-corrected chi connectivity index (χ1v) is 5.02. The van der Waals surface area contributed by atoms with Crippen LogP contribution in [0.15, 0.2) is 0 Å². The van der Waals surface area contributed by atoms with Gasteiger partial charge in [-0.25, -0.2) is 0 Å². The molecular weight excluding hydrogens is 164 g/mol. The van der Waals surface area contributed by atoms with Crippen LogP contribution in [0.2, 0.25) is 0 Å². The topological polar surface area (TPSA) is 38.0 Å². The summed E-state index contributed by atoms with van der Waals surface area (Å²) in [6.07, 6.45) is 2.70. The van der Waals surface area contributed by atoms with Crippen LogP contribution in [-0.2, 0) is 19.4 Å². The third-order valence-corrected chi connectivity index (χ3v) is 2.20. The number of aryl methyl sites for hydroxylation is 2. The molecule has 0 aliphatic rings. The SMILES string of the molecule is CCCn1nc(CC)c(O)c1CC. The fraction of sp³-hybridized carbons (Fsp3) is 0.700. The van der Waals surface area contributed by atoms with Gasteiger partial charge in [0, 0.05) is 6.54 Å². The van der Waals surface area contributed by atoms with Gasteiger partial charge < -0.3 is 5.11 Å². The molecule has 0 saturated heterocycles. The predicted octanol–water partition coefficient (Wildman–Crippen LogP) is 2.12. The van der Waals surface area contributed by atoms with Gasteiger partial charge in [0.1, 0.15) is 5.69 Å². The molecule has 0 aliphatic carbocycles. The van der Waals surface area contributed by atoms with Crippen molar-refractivity contribution in [2.45, 2.75) is 46.6 Å². The van der Waals surface area contributed by atoms with Crippen LogP contribution in [0.4, 0.5) is 0 Å². The number of aromatic nitrogens is 2. The Morgan fingerprint density at radius 2 is 1.92 bits per heavy atom. The molecular formula is C10H18N2O. The normalized spacial score (nSPS) is 10.7. The summed E-state index contributed by atoms with van der Waals surface area (Å²) in [5, 5.41) is 14.1. The van der Waals surface area contributed by atoms with Crippen molar-refractivity contribution in [3.8, 4) is 5.75 Å². The number of nitrogens with zero attached hydrogens (tertiary/aromatic N) is 2. The summed E-state index contributed by atoms with van der Waals surface area (Å²) in [5.74, 6) is 0.401. The number of hydrogen-bond donors (Lipinski definition) is 1. The van der Waals surface area contributed by atoms with Gasteiger partial charge >= 0.3 is 0 Å². The first-order chi connectivity index (χ1) is 6.24. The van der Waals surface area contributed by atoms with E-state index in [9.17, 15) is 5.11 Å². The monoisotopic (exact) mass is 182 g/mol. The molecule has 1 N–H and O–H groups in total. The Kier molecular flexibility index (Phi) is 3.34. The highest BCUT2D eigenvalue weighted by molar-refractivity contribution is 5.32. The van der Waals surface area contributed by atoms with Crippen molar-refractivity contribution in [3.05, 3.63) is 11.4 Å². The van der Waals surface area contributed by atoms with Gasteiger partial charge in [-0.1, -0.05) is 20.8 Å². The van der Waals surface area contributed by atoms with Crippen LogP contribution in [0.25, 0.3) is 0 Å². The van der Waals surface area contributed by atoms with Gasteiger partial charge in [-0.2, -0.15) is 5.10 Å². The third kappa shape index (κ3) is 1.85. The van der Waals surface area contributed by atoms with E-state index in [1.165, 1.54) is 0 Å². The predicted molar refractivity (Wildman–Crippen MR) is 52.9 cm³/mol. The maximum absolute atomic E-state index is 9.75. The van der Waals surface area contributed by atoms with Crippen LogP contribution in [-0.4, -0.2) is 14.9 Å². The number of aromatic hydroxyl groups is 1. The fourth-order valence-electron chi connectivity index (χ4n) is 1.53. The first kappa shape index (κ1) is 10.1. The molecule has 0 spiro atoms. The van der Waals surface area contributed by atoms with Gasteiger partial charge in [-0.05, 0) is 19.3 Å². The summed E-state index contributed by atoms with van der Waals surface area (Å²) < 4.78 is 1.92. The smallest absolute Gasteiger partial charge is 0.160 e. The summed E-state index contributed by atoms with van der Waals surface area (Å²) in [7, 11) is 0.